The van der Waals surface area contributed by atoms with E-state index in [1.54, 1.807) is 0 Å². The third-order valence-corrected chi connectivity index (χ3v) is 1.28. The summed E-state index contributed by atoms with van der Waals surface area (Å²) in [7, 11) is 0. The molecule has 0 radical (unpaired) electrons. The standard InChI is InChI=1S/C6H5F3N2O/c7-2-1-11-4(6(8)9)5(12)3(2)10/h1,6,12H,(H2,10,11). The maximum absolute atomic E-state index is 12.4. The summed E-state index contributed by atoms with van der Waals surface area (Å²) in [6, 6.07) is 0. The Labute approximate surface area is 65.6 Å². The quantitative estimate of drug-likeness (QED) is 0.684. The first kappa shape index (κ1) is 8.63. The summed E-state index contributed by atoms with van der Waals surface area (Å²) < 4.78 is 36.3. The van der Waals surface area contributed by atoms with Crippen LogP contribution in [0.25, 0.3) is 0 Å². The molecular formula is C6H5F3N2O. The molecule has 0 amide bonds. The van der Waals surface area contributed by atoms with Crippen molar-refractivity contribution in [2.75, 3.05) is 5.73 Å². The van der Waals surface area contributed by atoms with Gasteiger partial charge in [0.1, 0.15) is 5.69 Å². The Morgan fingerprint density at radius 1 is 1.50 bits per heavy atom. The van der Waals surface area contributed by atoms with Gasteiger partial charge in [-0.2, -0.15) is 0 Å². The first-order chi connectivity index (χ1) is 5.54. The summed E-state index contributed by atoms with van der Waals surface area (Å²) in [6.07, 6.45) is -2.43. The van der Waals surface area contributed by atoms with Crippen LogP contribution in [0.5, 0.6) is 5.75 Å². The summed E-state index contributed by atoms with van der Waals surface area (Å²) in [6.45, 7) is 0. The highest BCUT2D eigenvalue weighted by molar-refractivity contribution is 5.54. The zero-order valence-corrected chi connectivity index (χ0v) is 5.76. The number of pyridine rings is 1. The van der Waals surface area contributed by atoms with Gasteiger partial charge in [-0.15, -0.1) is 0 Å². The third-order valence-electron chi connectivity index (χ3n) is 1.28. The smallest absolute Gasteiger partial charge is 0.284 e. The molecule has 3 nitrogen and oxygen atoms in total. The SMILES string of the molecule is Nc1c(F)cnc(C(F)F)c1O. The zero-order valence-electron chi connectivity index (χ0n) is 5.76. The summed E-state index contributed by atoms with van der Waals surface area (Å²) in [5.74, 6) is -2.01. The summed E-state index contributed by atoms with van der Waals surface area (Å²) in [5, 5.41) is 8.84. The van der Waals surface area contributed by atoms with Gasteiger partial charge in [0.15, 0.2) is 17.3 Å². The normalized spacial score (nSPS) is 10.7. The van der Waals surface area contributed by atoms with Crippen molar-refractivity contribution >= 4 is 5.69 Å². The molecule has 0 bridgehead atoms. The lowest BCUT2D eigenvalue weighted by Gasteiger charge is -2.04. The molecule has 0 aliphatic carbocycles. The first-order valence-electron chi connectivity index (χ1n) is 2.95. The van der Waals surface area contributed by atoms with Gasteiger partial charge in [0, 0.05) is 0 Å². The number of alkyl halides is 2. The largest absolute Gasteiger partial charge is 0.504 e. The van der Waals surface area contributed by atoms with E-state index in [2.05, 4.69) is 4.98 Å². The number of aromatic hydroxyl groups is 1. The number of nitrogen functional groups attached to an aromatic ring is 1. The molecule has 1 aromatic heterocycles. The van der Waals surface area contributed by atoms with E-state index in [0.717, 1.165) is 0 Å². The van der Waals surface area contributed by atoms with Crippen molar-refractivity contribution in [2.45, 2.75) is 6.43 Å². The van der Waals surface area contributed by atoms with Gasteiger partial charge in [-0.3, -0.25) is 0 Å². The molecule has 12 heavy (non-hydrogen) atoms. The lowest BCUT2D eigenvalue weighted by molar-refractivity contribution is 0.142. The second-order valence-electron chi connectivity index (χ2n) is 2.05. The predicted octanol–water partition coefficient (Wildman–Crippen LogP) is 1.45. The number of anilines is 1. The summed E-state index contributed by atoms with van der Waals surface area (Å²) >= 11 is 0. The maximum Gasteiger partial charge on any atom is 0.284 e. The van der Waals surface area contributed by atoms with Crippen LogP contribution in [0.4, 0.5) is 18.9 Å². The van der Waals surface area contributed by atoms with Gasteiger partial charge >= 0.3 is 0 Å². The van der Waals surface area contributed by atoms with E-state index in [0.29, 0.717) is 6.20 Å². The zero-order chi connectivity index (χ0) is 9.30. The van der Waals surface area contributed by atoms with Crippen molar-refractivity contribution in [1.29, 1.82) is 0 Å². The van der Waals surface area contributed by atoms with Crippen LogP contribution in [0, 0.1) is 5.82 Å². The second-order valence-corrected chi connectivity index (χ2v) is 2.05. The molecule has 0 aliphatic rings. The van der Waals surface area contributed by atoms with Crippen molar-refractivity contribution in [3.8, 4) is 5.75 Å². The highest BCUT2D eigenvalue weighted by Gasteiger charge is 2.18. The maximum atomic E-state index is 12.4. The third kappa shape index (κ3) is 1.27. The summed E-state index contributed by atoms with van der Waals surface area (Å²) in [4.78, 5) is 2.98. The van der Waals surface area contributed by atoms with Gasteiger partial charge in [0.2, 0.25) is 0 Å². The Kier molecular flexibility index (Phi) is 2.07. The minimum Gasteiger partial charge on any atom is -0.504 e. The van der Waals surface area contributed by atoms with Crippen molar-refractivity contribution in [1.82, 2.24) is 4.98 Å². The van der Waals surface area contributed by atoms with Crippen molar-refractivity contribution < 1.29 is 18.3 Å². The Morgan fingerprint density at radius 2 is 2.08 bits per heavy atom. The van der Waals surface area contributed by atoms with Crippen molar-refractivity contribution in [2.24, 2.45) is 0 Å². The predicted molar refractivity (Wildman–Crippen MR) is 35.2 cm³/mol. The van der Waals surface area contributed by atoms with Crippen LogP contribution in [0.2, 0.25) is 0 Å². The fourth-order valence-corrected chi connectivity index (χ4v) is 0.668. The molecule has 0 unspecified atom stereocenters. The van der Waals surface area contributed by atoms with Crippen LogP contribution in [0.3, 0.4) is 0 Å². The lowest BCUT2D eigenvalue weighted by atomic mass is 10.3. The fourth-order valence-electron chi connectivity index (χ4n) is 0.668. The molecule has 1 heterocycles. The van der Waals surface area contributed by atoms with Crippen molar-refractivity contribution in [3.63, 3.8) is 0 Å². The van der Waals surface area contributed by atoms with E-state index >= 15 is 0 Å². The number of hydrogen-bond acceptors (Lipinski definition) is 3. The average Bonchev–Trinajstić information content (AvgIpc) is 2.00. The molecule has 0 aromatic carbocycles. The number of aromatic nitrogens is 1. The molecule has 0 atom stereocenters. The molecule has 0 saturated carbocycles. The van der Waals surface area contributed by atoms with Gasteiger partial charge < -0.3 is 10.8 Å². The monoisotopic (exact) mass is 178 g/mol. The van der Waals surface area contributed by atoms with Crippen LogP contribution in [0.15, 0.2) is 6.20 Å². The highest BCUT2D eigenvalue weighted by Crippen LogP contribution is 2.31. The minimum absolute atomic E-state index is 0.538. The van der Waals surface area contributed by atoms with E-state index in [4.69, 9.17) is 10.8 Å². The number of hydrogen-bond donors (Lipinski definition) is 2. The lowest BCUT2D eigenvalue weighted by Crippen LogP contribution is -1.98. The van der Waals surface area contributed by atoms with Gasteiger partial charge in [-0.1, -0.05) is 0 Å². The molecule has 66 valence electrons. The molecule has 3 N–H and O–H groups in total. The van der Waals surface area contributed by atoms with E-state index in [9.17, 15) is 13.2 Å². The average molecular weight is 178 g/mol. The Hall–Kier alpha value is -1.46. The number of nitrogens with two attached hydrogens (primary N) is 1. The van der Waals surface area contributed by atoms with Crippen LogP contribution in [-0.4, -0.2) is 10.1 Å². The van der Waals surface area contributed by atoms with E-state index < -0.39 is 29.4 Å². The van der Waals surface area contributed by atoms with Gasteiger partial charge in [-0.05, 0) is 0 Å². The van der Waals surface area contributed by atoms with Gasteiger partial charge in [0.05, 0.1) is 6.20 Å². The molecule has 1 aromatic rings. The highest BCUT2D eigenvalue weighted by atomic mass is 19.3. The molecule has 0 aliphatic heterocycles. The van der Waals surface area contributed by atoms with Crippen LogP contribution in [-0.2, 0) is 0 Å². The molecule has 0 spiro atoms. The van der Waals surface area contributed by atoms with Crippen LogP contribution < -0.4 is 5.73 Å². The molecule has 1 rings (SSSR count). The minimum atomic E-state index is -2.96. The number of halogens is 3. The fraction of sp³-hybridized carbons (Fsp3) is 0.167. The Bertz CT molecular complexity index is 303. The van der Waals surface area contributed by atoms with Crippen LogP contribution >= 0.6 is 0 Å². The van der Waals surface area contributed by atoms with Crippen molar-refractivity contribution in [3.05, 3.63) is 17.7 Å². The Morgan fingerprint density at radius 3 is 2.58 bits per heavy atom. The molecule has 0 fully saturated rings. The van der Waals surface area contributed by atoms with Crippen LogP contribution in [0.1, 0.15) is 12.1 Å². The van der Waals surface area contributed by atoms with E-state index in [1.807, 2.05) is 0 Å². The topological polar surface area (TPSA) is 59.1 Å². The Balaban J connectivity index is 3.27. The molecule has 0 saturated heterocycles. The van der Waals surface area contributed by atoms with E-state index in [1.165, 1.54) is 0 Å². The van der Waals surface area contributed by atoms with Gasteiger partial charge in [0.25, 0.3) is 6.43 Å². The molecular weight excluding hydrogens is 173 g/mol. The number of rotatable bonds is 1. The molecule has 6 heteroatoms. The summed E-state index contributed by atoms with van der Waals surface area (Å²) in [5.41, 5.74) is 3.31. The number of nitrogens with zero attached hydrogens (tertiary/aromatic N) is 1. The second kappa shape index (κ2) is 2.88. The van der Waals surface area contributed by atoms with Gasteiger partial charge in [-0.25, -0.2) is 18.2 Å². The van der Waals surface area contributed by atoms with E-state index in [-0.39, 0.29) is 0 Å². The first-order valence-corrected chi connectivity index (χ1v) is 2.95.